The molecule has 6 amide bonds. The lowest BCUT2D eigenvalue weighted by Crippen LogP contribution is -2.54. The predicted molar refractivity (Wildman–Crippen MR) is 301 cm³/mol. The molecule has 3 saturated heterocycles. The van der Waals surface area contributed by atoms with Gasteiger partial charge in [0.05, 0.1) is 61.4 Å². The third-order valence-electron chi connectivity index (χ3n) is 14.9. The highest BCUT2D eigenvalue weighted by molar-refractivity contribution is 6.23. The van der Waals surface area contributed by atoms with Gasteiger partial charge >= 0.3 is 0 Å². The first-order chi connectivity index (χ1) is 39.0. The molecule has 432 valence electrons. The number of anilines is 2. The van der Waals surface area contributed by atoms with Crippen molar-refractivity contribution in [1.82, 2.24) is 45.9 Å². The summed E-state index contributed by atoms with van der Waals surface area (Å²) in [6.07, 6.45) is 9.78. The third kappa shape index (κ3) is 15.4. The second kappa shape index (κ2) is 28.9. The predicted octanol–water partition coefficient (Wildman–Crippen LogP) is 6.13. The van der Waals surface area contributed by atoms with Crippen molar-refractivity contribution in [3.05, 3.63) is 119 Å². The van der Waals surface area contributed by atoms with Crippen LogP contribution in [-0.4, -0.2) is 157 Å². The number of benzene rings is 3. The number of imide groups is 2. The molecule has 0 aliphatic carbocycles. The SMILES string of the molecule is C[C@@H](NC(=O)c1cccc(NC2(c3nc(-c4ccncc4)n[nH]3)CCNCC2)c1)c1ccc(OCCCCCCOCCOCCOCCCC(=O)N2CCN(c3cc4c(cc3F)C(=O)N(C3CCC(=O)NC3=O)C4=O)CC2)cc1.Cl. The van der Waals surface area contributed by atoms with Crippen LogP contribution in [0.4, 0.5) is 15.8 Å². The van der Waals surface area contributed by atoms with E-state index in [1.165, 1.54) is 6.07 Å². The normalized spacial score (nSPS) is 17.3. The number of rotatable bonds is 27. The number of nitrogens with zero attached hydrogens (tertiary/aromatic N) is 6. The van der Waals surface area contributed by atoms with E-state index in [4.69, 9.17) is 23.9 Å². The van der Waals surface area contributed by atoms with Crippen LogP contribution >= 0.6 is 12.4 Å². The second-order valence-electron chi connectivity index (χ2n) is 20.4. The van der Waals surface area contributed by atoms with E-state index in [2.05, 4.69) is 36.4 Å². The number of nitrogens with one attached hydrogen (secondary N) is 5. The first-order valence-corrected chi connectivity index (χ1v) is 27.7. The van der Waals surface area contributed by atoms with Crippen molar-refractivity contribution in [1.29, 1.82) is 0 Å². The van der Waals surface area contributed by atoms with Crippen molar-refractivity contribution < 1.29 is 52.1 Å². The van der Waals surface area contributed by atoms with Crippen LogP contribution in [0, 0.1) is 5.82 Å². The van der Waals surface area contributed by atoms with Crippen LogP contribution in [0.1, 0.15) is 120 Å². The average molecular weight is 1140 g/mol. The molecule has 2 aromatic heterocycles. The molecule has 2 atom stereocenters. The summed E-state index contributed by atoms with van der Waals surface area (Å²) in [4.78, 5) is 90.0. The maximum absolute atomic E-state index is 15.3. The average Bonchev–Trinajstić information content (AvgIpc) is 4.08. The number of H-pyrrole nitrogens is 1. The maximum Gasteiger partial charge on any atom is 0.262 e. The summed E-state index contributed by atoms with van der Waals surface area (Å²) in [7, 11) is 0. The summed E-state index contributed by atoms with van der Waals surface area (Å²) in [6.45, 7) is 8.42. The smallest absolute Gasteiger partial charge is 0.262 e. The van der Waals surface area contributed by atoms with Gasteiger partial charge in [-0.2, -0.15) is 5.10 Å². The lowest BCUT2D eigenvalue weighted by molar-refractivity contribution is -0.136. The van der Waals surface area contributed by atoms with E-state index in [1.54, 1.807) is 22.2 Å². The van der Waals surface area contributed by atoms with Crippen LogP contribution in [0.2, 0.25) is 0 Å². The van der Waals surface area contributed by atoms with E-state index in [0.717, 1.165) is 91.0 Å². The molecule has 3 aromatic carbocycles. The van der Waals surface area contributed by atoms with Crippen molar-refractivity contribution in [2.24, 2.45) is 0 Å². The molecule has 9 rings (SSSR count). The zero-order chi connectivity index (χ0) is 55.8. The molecule has 21 nitrogen and oxygen atoms in total. The van der Waals surface area contributed by atoms with E-state index in [0.29, 0.717) is 96.7 Å². The molecule has 81 heavy (non-hydrogen) atoms. The lowest BCUT2D eigenvalue weighted by atomic mass is 9.87. The number of fused-ring (bicyclic) bond motifs is 1. The molecule has 4 aliphatic rings. The summed E-state index contributed by atoms with van der Waals surface area (Å²) in [6, 6.07) is 20.2. The minimum absolute atomic E-state index is 0. The van der Waals surface area contributed by atoms with E-state index in [-0.39, 0.29) is 59.9 Å². The first-order valence-electron chi connectivity index (χ1n) is 27.7. The molecule has 6 heterocycles. The van der Waals surface area contributed by atoms with Crippen LogP contribution in [0.15, 0.2) is 85.2 Å². The Morgan fingerprint density at radius 1 is 0.790 bits per heavy atom. The highest BCUT2D eigenvalue weighted by Gasteiger charge is 2.45. The summed E-state index contributed by atoms with van der Waals surface area (Å²) in [5.41, 5.74) is 2.78. The van der Waals surface area contributed by atoms with Gasteiger partial charge in [0.1, 0.15) is 17.6 Å². The lowest BCUT2D eigenvalue weighted by Gasteiger charge is -2.37. The quantitative estimate of drug-likeness (QED) is 0.0293. The van der Waals surface area contributed by atoms with E-state index in [1.807, 2.05) is 67.6 Å². The van der Waals surface area contributed by atoms with Crippen molar-refractivity contribution >= 4 is 59.2 Å². The number of unbranched alkanes of at least 4 members (excludes halogenated alkanes) is 3. The fourth-order valence-electron chi connectivity index (χ4n) is 10.4. The monoisotopic (exact) mass is 1140 g/mol. The topological polar surface area (TPSA) is 252 Å². The molecule has 1 unspecified atom stereocenters. The maximum atomic E-state index is 15.3. The second-order valence-corrected chi connectivity index (χ2v) is 20.4. The molecule has 5 aromatic rings. The van der Waals surface area contributed by atoms with Crippen LogP contribution in [0.25, 0.3) is 11.4 Å². The zero-order valence-electron chi connectivity index (χ0n) is 45.6. The molecule has 0 radical (unpaired) electrons. The number of piperidine rings is 2. The van der Waals surface area contributed by atoms with Gasteiger partial charge in [-0.05, 0) is 125 Å². The van der Waals surface area contributed by atoms with Crippen molar-refractivity contribution in [3.63, 3.8) is 0 Å². The summed E-state index contributed by atoms with van der Waals surface area (Å²) in [5, 5.41) is 20.1. The van der Waals surface area contributed by atoms with Gasteiger partial charge < -0.3 is 44.7 Å². The van der Waals surface area contributed by atoms with E-state index >= 15 is 4.39 Å². The number of aromatic nitrogens is 4. The molecule has 4 aliphatic heterocycles. The number of hydrogen-bond acceptors (Lipinski definition) is 16. The van der Waals surface area contributed by atoms with Gasteiger partial charge in [-0.25, -0.2) is 9.37 Å². The Kier molecular flexibility index (Phi) is 21.3. The highest BCUT2D eigenvalue weighted by Crippen LogP contribution is 2.35. The number of hydrogen-bond donors (Lipinski definition) is 5. The number of halogens is 2. The van der Waals surface area contributed by atoms with Gasteiger partial charge in [0.2, 0.25) is 17.7 Å². The van der Waals surface area contributed by atoms with Crippen molar-refractivity contribution in [3.8, 4) is 17.1 Å². The number of piperazine rings is 1. The number of amides is 6. The fourth-order valence-corrected chi connectivity index (χ4v) is 10.4. The van der Waals surface area contributed by atoms with Gasteiger partial charge in [0, 0.05) is 81.4 Å². The van der Waals surface area contributed by atoms with Crippen LogP contribution in [0.5, 0.6) is 5.75 Å². The van der Waals surface area contributed by atoms with Crippen molar-refractivity contribution in [2.45, 2.75) is 88.8 Å². The zero-order valence-corrected chi connectivity index (χ0v) is 46.4. The number of aromatic amines is 1. The Morgan fingerprint density at radius 3 is 2.16 bits per heavy atom. The standard InChI is InChI=1S/C58H70FN11O10.ClH/c1-39(62-53(73)42-8-6-9-43(36-42)65-58(19-23-61-24-20-58)57-64-52(66-67-57)41-17-21-60-22-18-41)40-11-13-44(14-12-40)80-31-5-3-2-4-29-77-32-34-79-35-33-78-30-7-10-51(72)69-27-25-68(26-28-69)49-38-46-45(37-47(49)59)55(75)70(56(46)76)48-15-16-50(71)63-54(48)74;/h6,8-9,11-14,17-18,21-22,36-39,48,61,65H,2-5,7,10,15-16,19-20,23-35H2,1H3,(H,62,73)(H,63,71,74)(H,64,66,67);1H/t39-,48?;/m1./s1. The number of pyridine rings is 1. The van der Waals surface area contributed by atoms with E-state index < -0.39 is 41.0 Å². The Balaban J connectivity index is 0.00000860. The first kappa shape index (κ1) is 59.7. The molecule has 0 saturated carbocycles. The molecule has 3 fully saturated rings. The molecule has 23 heteroatoms. The van der Waals surface area contributed by atoms with Crippen molar-refractivity contribution in [2.75, 3.05) is 95.7 Å². The minimum Gasteiger partial charge on any atom is -0.494 e. The van der Waals surface area contributed by atoms with E-state index in [9.17, 15) is 28.8 Å². The Hall–Kier alpha value is -7.37. The minimum atomic E-state index is -1.14. The summed E-state index contributed by atoms with van der Waals surface area (Å²) >= 11 is 0. The molecule has 0 bridgehead atoms. The van der Waals surface area contributed by atoms with Gasteiger partial charge in [-0.3, -0.25) is 49.1 Å². The highest BCUT2D eigenvalue weighted by atomic mass is 35.5. The number of carbonyl (C=O) groups excluding carboxylic acids is 6. The van der Waals surface area contributed by atoms with Gasteiger partial charge in [0.15, 0.2) is 11.6 Å². The molecular formula is C58H71ClFN11O10. The van der Waals surface area contributed by atoms with Crippen LogP contribution in [0.3, 0.4) is 0 Å². The Bertz CT molecular complexity index is 2960. The largest absolute Gasteiger partial charge is 0.494 e. The Morgan fingerprint density at radius 2 is 1.46 bits per heavy atom. The van der Waals surface area contributed by atoms with Crippen LogP contribution in [-0.2, 0) is 34.1 Å². The number of ether oxygens (including phenoxy) is 4. The van der Waals surface area contributed by atoms with Gasteiger partial charge in [-0.1, -0.05) is 24.6 Å². The van der Waals surface area contributed by atoms with Crippen LogP contribution < -0.4 is 30.9 Å². The Labute approximate surface area is 476 Å². The van der Waals surface area contributed by atoms with Gasteiger partial charge in [0.25, 0.3) is 17.7 Å². The number of carbonyl (C=O) groups is 6. The fraction of sp³-hybridized carbons (Fsp3) is 0.466. The third-order valence-corrected chi connectivity index (χ3v) is 14.9. The summed E-state index contributed by atoms with van der Waals surface area (Å²) < 4.78 is 38.4. The molecule has 0 spiro atoms. The summed E-state index contributed by atoms with van der Waals surface area (Å²) in [5.74, 6) is -1.40. The molecule has 5 N–H and O–H groups in total. The van der Waals surface area contributed by atoms with Gasteiger partial charge in [-0.15, -0.1) is 12.4 Å². The molecular weight excluding hydrogens is 1070 g/mol.